The Morgan fingerprint density at radius 1 is 0.587 bits per heavy atom. The standard InChI is InChI=1S/C52H61N3O8/c1-52(2,3)43(33-49(59)63-5)51(61)55-29-13-19-45(55)47(57)31-37-22-26-39(27-23-37)35-53(41-16-10-7-11-17-41)34-38-24-20-36(21-25-38)30-46(56)44-18-12-28-54(44)50(60)42(32-48(58)62-4)40-14-8-6-9-15-40/h6-11,14-17,20-27,42-45H,12-13,18-19,28-35H2,1-5H3/t42-,43-,44+,45+/m1/s1. The molecule has 0 radical (unpaired) electrons. The van der Waals surface area contributed by atoms with Crippen LogP contribution in [0.25, 0.3) is 0 Å². The predicted octanol–water partition coefficient (Wildman–Crippen LogP) is 7.67. The number of nitrogens with zero attached hydrogens (tertiary/aromatic N) is 3. The summed E-state index contributed by atoms with van der Waals surface area (Å²) >= 11 is 0. The zero-order valence-corrected chi connectivity index (χ0v) is 37.3. The zero-order chi connectivity index (χ0) is 45.1. The largest absolute Gasteiger partial charge is 0.469 e. The Labute approximate surface area is 371 Å². The highest BCUT2D eigenvalue weighted by atomic mass is 16.5. The number of rotatable bonds is 18. The van der Waals surface area contributed by atoms with Crippen molar-refractivity contribution in [2.75, 3.05) is 32.2 Å². The van der Waals surface area contributed by atoms with E-state index < -0.39 is 41.3 Å². The molecule has 0 unspecified atom stereocenters. The Hall–Kier alpha value is -6.10. The van der Waals surface area contributed by atoms with E-state index in [1.165, 1.54) is 14.2 Å². The number of Topliss-reactive ketones (excluding diaryl/α,β-unsaturated/α-hetero) is 2. The summed E-state index contributed by atoms with van der Waals surface area (Å²) < 4.78 is 9.79. The second-order valence-corrected chi connectivity index (χ2v) is 17.9. The van der Waals surface area contributed by atoms with Crippen molar-refractivity contribution < 1.29 is 38.2 Å². The van der Waals surface area contributed by atoms with E-state index >= 15 is 0 Å². The molecule has 0 bridgehead atoms. The minimum atomic E-state index is -0.721. The van der Waals surface area contributed by atoms with E-state index in [4.69, 9.17) is 9.47 Å². The summed E-state index contributed by atoms with van der Waals surface area (Å²) in [5.74, 6) is -2.63. The Balaban J connectivity index is 1.08. The topological polar surface area (TPSA) is 131 Å². The number of ether oxygens (including phenoxy) is 2. The molecule has 2 saturated heterocycles. The van der Waals surface area contributed by atoms with Gasteiger partial charge in [-0.05, 0) is 71.0 Å². The number of likely N-dealkylation sites (tertiary alicyclic amines) is 2. The van der Waals surface area contributed by atoms with Crippen molar-refractivity contribution in [3.63, 3.8) is 0 Å². The van der Waals surface area contributed by atoms with E-state index in [0.29, 0.717) is 39.0 Å². The van der Waals surface area contributed by atoms with E-state index in [1.54, 1.807) is 9.80 Å². The van der Waals surface area contributed by atoms with Gasteiger partial charge in [-0.1, -0.05) is 118 Å². The molecule has 2 aliphatic rings. The van der Waals surface area contributed by atoms with E-state index in [-0.39, 0.29) is 49.1 Å². The number of hydrogen-bond donors (Lipinski definition) is 0. The molecule has 4 aromatic rings. The van der Waals surface area contributed by atoms with E-state index in [2.05, 4.69) is 17.0 Å². The quantitative estimate of drug-likeness (QED) is 0.0926. The molecule has 0 aliphatic carbocycles. The maximum absolute atomic E-state index is 13.9. The molecule has 2 heterocycles. The predicted molar refractivity (Wildman–Crippen MR) is 241 cm³/mol. The maximum Gasteiger partial charge on any atom is 0.306 e. The van der Waals surface area contributed by atoms with Crippen molar-refractivity contribution in [3.8, 4) is 0 Å². The smallest absolute Gasteiger partial charge is 0.306 e. The van der Waals surface area contributed by atoms with Gasteiger partial charge >= 0.3 is 11.9 Å². The summed E-state index contributed by atoms with van der Waals surface area (Å²) in [6, 6.07) is 34.4. The third kappa shape index (κ3) is 12.1. The molecule has 2 fully saturated rings. The fraction of sp³-hybridized carbons (Fsp3) is 0.423. The molecule has 11 nitrogen and oxygen atoms in total. The van der Waals surface area contributed by atoms with Crippen LogP contribution in [0.1, 0.15) is 93.0 Å². The molecule has 0 aromatic heterocycles. The van der Waals surface area contributed by atoms with Crippen molar-refractivity contribution in [1.29, 1.82) is 0 Å². The van der Waals surface area contributed by atoms with E-state index in [0.717, 1.165) is 46.3 Å². The molecule has 4 atom stereocenters. The van der Waals surface area contributed by atoms with Gasteiger partial charge in [0.2, 0.25) is 11.8 Å². The first kappa shape index (κ1) is 46.4. The van der Waals surface area contributed by atoms with Crippen LogP contribution in [-0.2, 0) is 64.2 Å². The Morgan fingerprint density at radius 2 is 1.02 bits per heavy atom. The monoisotopic (exact) mass is 855 g/mol. The summed E-state index contributed by atoms with van der Waals surface area (Å²) in [6.45, 7) is 7.99. The number of carbonyl (C=O) groups excluding carboxylic acids is 6. The van der Waals surface area contributed by atoms with Gasteiger partial charge in [0, 0.05) is 44.7 Å². The van der Waals surface area contributed by atoms with Gasteiger partial charge in [0.1, 0.15) is 0 Å². The summed E-state index contributed by atoms with van der Waals surface area (Å²) in [7, 11) is 2.63. The Bertz CT molecular complexity index is 2200. The molecule has 0 N–H and O–H groups in total. The zero-order valence-electron chi connectivity index (χ0n) is 37.3. The highest BCUT2D eigenvalue weighted by Gasteiger charge is 2.42. The van der Waals surface area contributed by atoms with Crippen molar-refractivity contribution in [1.82, 2.24) is 9.80 Å². The highest BCUT2D eigenvalue weighted by molar-refractivity contribution is 5.95. The van der Waals surface area contributed by atoms with Crippen molar-refractivity contribution in [2.24, 2.45) is 11.3 Å². The Morgan fingerprint density at radius 3 is 1.48 bits per heavy atom. The van der Waals surface area contributed by atoms with Gasteiger partial charge in [0.25, 0.3) is 0 Å². The van der Waals surface area contributed by atoms with Crippen LogP contribution in [0.5, 0.6) is 0 Å². The summed E-state index contributed by atoms with van der Waals surface area (Å²) in [4.78, 5) is 85.3. The molecule has 2 aliphatic heterocycles. The van der Waals surface area contributed by atoms with Crippen LogP contribution in [0, 0.1) is 11.3 Å². The van der Waals surface area contributed by atoms with Crippen molar-refractivity contribution >= 4 is 41.0 Å². The molecule has 11 heteroatoms. The average Bonchev–Trinajstić information content (AvgIpc) is 4.00. The normalized spacial score (nSPS) is 17.2. The van der Waals surface area contributed by atoms with Crippen LogP contribution >= 0.6 is 0 Å². The third-order valence-electron chi connectivity index (χ3n) is 12.5. The summed E-state index contributed by atoms with van der Waals surface area (Å²) in [6.07, 6.45) is 2.95. The number of methoxy groups -OCH3 is 2. The fourth-order valence-corrected chi connectivity index (χ4v) is 8.91. The molecule has 4 aromatic carbocycles. The number of anilines is 1. The first-order valence-corrected chi connectivity index (χ1v) is 22.1. The second-order valence-electron chi connectivity index (χ2n) is 17.9. The lowest BCUT2D eigenvalue weighted by Crippen LogP contribution is -2.47. The number of amides is 2. The fourth-order valence-electron chi connectivity index (χ4n) is 8.91. The van der Waals surface area contributed by atoms with Crippen LogP contribution in [0.2, 0.25) is 0 Å². The molecular formula is C52H61N3O8. The summed E-state index contributed by atoms with van der Waals surface area (Å²) in [5.41, 5.74) is 5.19. The molecule has 332 valence electrons. The lowest BCUT2D eigenvalue weighted by molar-refractivity contribution is -0.151. The van der Waals surface area contributed by atoms with Gasteiger partial charge in [-0.15, -0.1) is 0 Å². The number of para-hydroxylation sites is 1. The number of benzene rings is 4. The first-order valence-electron chi connectivity index (χ1n) is 22.1. The molecule has 6 rings (SSSR count). The van der Waals surface area contributed by atoms with Gasteiger partial charge in [-0.2, -0.15) is 0 Å². The number of carbonyl (C=O) groups is 6. The second kappa shape index (κ2) is 21.3. The molecule has 0 spiro atoms. The first-order chi connectivity index (χ1) is 30.2. The minimum absolute atomic E-state index is 0.00298. The maximum atomic E-state index is 13.9. The minimum Gasteiger partial charge on any atom is -0.469 e. The average molecular weight is 856 g/mol. The van der Waals surface area contributed by atoms with Gasteiger partial charge in [-0.25, -0.2) is 0 Å². The molecule has 2 amide bonds. The molecule has 63 heavy (non-hydrogen) atoms. The van der Waals surface area contributed by atoms with Gasteiger partial charge in [-0.3, -0.25) is 28.8 Å². The molecular weight excluding hydrogens is 795 g/mol. The summed E-state index contributed by atoms with van der Waals surface area (Å²) in [5, 5.41) is 0. The van der Waals surface area contributed by atoms with Crippen molar-refractivity contribution in [2.45, 2.75) is 103 Å². The lowest BCUT2D eigenvalue weighted by Gasteiger charge is -2.34. The van der Waals surface area contributed by atoms with Crippen LogP contribution in [0.3, 0.4) is 0 Å². The number of esters is 2. The van der Waals surface area contributed by atoms with E-state index in [1.807, 2.05) is 118 Å². The van der Waals surface area contributed by atoms with Crippen molar-refractivity contribution in [3.05, 3.63) is 137 Å². The van der Waals surface area contributed by atoms with Gasteiger partial charge < -0.3 is 24.2 Å². The third-order valence-corrected chi connectivity index (χ3v) is 12.5. The lowest BCUT2D eigenvalue weighted by atomic mass is 9.77. The van der Waals surface area contributed by atoms with Crippen LogP contribution < -0.4 is 4.90 Å². The van der Waals surface area contributed by atoms with Crippen LogP contribution in [0.15, 0.2) is 109 Å². The van der Waals surface area contributed by atoms with Crippen LogP contribution in [-0.4, -0.2) is 84.5 Å². The van der Waals surface area contributed by atoms with Gasteiger partial charge in [0.05, 0.1) is 51.0 Å². The van der Waals surface area contributed by atoms with E-state index in [9.17, 15) is 28.8 Å². The Kier molecular flexibility index (Phi) is 15.7. The molecule has 0 saturated carbocycles. The number of hydrogen-bond acceptors (Lipinski definition) is 9. The van der Waals surface area contributed by atoms with Gasteiger partial charge in [0.15, 0.2) is 11.6 Å². The highest BCUT2D eigenvalue weighted by Crippen LogP contribution is 2.34. The SMILES string of the molecule is COC(=O)C[C@H](C(=O)N1CCC[C@H]1C(=O)Cc1ccc(CN(Cc2ccc(CC(=O)[C@@H]3CCCN3C(=O)[C@H](CC(=O)OC)c3ccccc3)cc2)c2ccccc2)cc1)C(C)(C)C. The number of ketones is 2. The van der Waals surface area contributed by atoms with Crippen LogP contribution in [0.4, 0.5) is 5.69 Å².